The highest BCUT2D eigenvalue weighted by atomic mass is 32.1. The van der Waals surface area contributed by atoms with Crippen LogP contribution in [0.25, 0.3) is 16.4 Å². The summed E-state index contributed by atoms with van der Waals surface area (Å²) >= 11 is 1.47. The van der Waals surface area contributed by atoms with Crippen LogP contribution in [0.15, 0.2) is 47.8 Å². The molecule has 0 amide bonds. The number of thiophene rings is 1. The van der Waals surface area contributed by atoms with Gasteiger partial charge in [0.25, 0.3) is 5.82 Å². The molecular weight excluding hydrogens is 428 g/mol. The normalized spacial score (nSPS) is 10.8. The van der Waals surface area contributed by atoms with Crippen LogP contribution < -0.4 is 0 Å². The average molecular weight is 449 g/mol. The molecule has 0 aliphatic carbocycles. The van der Waals surface area contributed by atoms with Crippen molar-refractivity contribution < 1.29 is 19.1 Å². The Bertz CT molecular complexity index is 1300. The highest BCUT2D eigenvalue weighted by Gasteiger charge is 2.24. The van der Waals surface area contributed by atoms with Gasteiger partial charge in [0.15, 0.2) is 18.2 Å². The lowest BCUT2D eigenvalue weighted by atomic mass is 10.1. The second-order valence-electron chi connectivity index (χ2n) is 7.16. The topological polar surface area (TPSA) is 107 Å². The molecule has 3 heterocycles. The van der Waals surface area contributed by atoms with E-state index in [-0.39, 0.29) is 17.3 Å². The predicted octanol–water partition coefficient (Wildman–Crippen LogP) is 4.18. The number of carbonyl (C=O) groups excluding carboxylic acids is 3. The minimum atomic E-state index is -0.807. The number of Topliss-reactive ketones (excluding diaryl/α,β-unsaturated/α-hetero) is 2. The predicted molar refractivity (Wildman–Crippen MR) is 120 cm³/mol. The molecule has 0 fully saturated rings. The van der Waals surface area contributed by atoms with E-state index in [1.54, 1.807) is 18.5 Å². The average Bonchev–Trinajstić information content (AvgIpc) is 3.51. The van der Waals surface area contributed by atoms with Crippen molar-refractivity contribution in [2.45, 2.75) is 20.8 Å². The molecule has 0 saturated carbocycles. The first kappa shape index (κ1) is 21.4. The minimum absolute atomic E-state index is 0.135. The van der Waals surface area contributed by atoms with Gasteiger partial charge in [0.2, 0.25) is 5.78 Å². The monoisotopic (exact) mass is 448 g/mol. The fraction of sp³-hybridized carbons (Fsp3) is 0.174. The van der Waals surface area contributed by atoms with Crippen LogP contribution in [-0.4, -0.2) is 43.9 Å². The van der Waals surface area contributed by atoms with Crippen LogP contribution in [0.1, 0.15) is 49.6 Å². The number of nitrogens with one attached hydrogen (secondary N) is 1. The largest absolute Gasteiger partial charge is 0.451 e. The van der Waals surface area contributed by atoms with E-state index in [1.165, 1.54) is 18.3 Å². The Morgan fingerprint density at radius 1 is 1.09 bits per heavy atom. The van der Waals surface area contributed by atoms with E-state index in [9.17, 15) is 14.4 Å². The van der Waals surface area contributed by atoms with Crippen molar-refractivity contribution in [3.05, 3.63) is 76.2 Å². The van der Waals surface area contributed by atoms with Crippen LogP contribution in [0.3, 0.4) is 0 Å². The molecule has 0 aliphatic heterocycles. The van der Waals surface area contributed by atoms with Crippen molar-refractivity contribution in [1.82, 2.24) is 19.7 Å². The minimum Gasteiger partial charge on any atom is -0.451 e. The zero-order valence-corrected chi connectivity index (χ0v) is 18.5. The lowest BCUT2D eigenvalue weighted by molar-refractivity contribution is 0.0461. The number of nitrogens with zero attached hydrogens (tertiary/aromatic N) is 3. The molecule has 3 aromatic heterocycles. The number of rotatable bonds is 7. The maximum absolute atomic E-state index is 12.6. The van der Waals surface area contributed by atoms with Gasteiger partial charge in [-0.2, -0.15) is 4.98 Å². The Labute approximate surface area is 187 Å². The van der Waals surface area contributed by atoms with Gasteiger partial charge in [0.05, 0.1) is 16.3 Å². The summed E-state index contributed by atoms with van der Waals surface area (Å²) in [5.41, 5.74) is 2.62. The number of carbonyl (C=O) groups is 3. The first-order valence-corrected chi connectivity index (χ1v) is 10.7. The third-order valence-corrected chi connectivity index (χ3v) is 5.80. The SMILES string of the molecule is CC(=O)c1c(C)[nH]c(C(=O)COC(=O)c2nc(-c3cccs3)n(-c3ccccc3)n2)c1C. The van der Waals surface area contributed by atoms with Crippen LogP contribution in [0.5, 0.6) is 0 Å². The van der Waals surface area contributed by atoms with E-state index in [2.05, 4.69) is 15.1 Å². The van der Waals surface area contributed by atoms with Gasteiger partial charge in [-0.05, 0) is 49.9 Å². The first-order chi connectivity index (χ1) is 15.4. The Hall–Kier alpha value is -3.85. The fourth-order valence-corrected chi connectivity index (χ4v) is 4.24. The third-order valence-electron chi connectivity index (χ3n) is 4.93. The molecule has 0 spiro atoms. The maximum Gasteiger partial charge on any atom is 0.378 e. The van der Waals surface area contributed by atoms with Gasteiger partial charge in [0, 0.05) is 11.3 Å². The molecule has 0 saturated heterocycles. The summed E-state index contributed by atoms with van der Waals surface area (Å²) in [6.07, 6.45) is 0. The second-order valence-corrected chi connectivity index (χ2v) is 8.11. The number of hydrogen-bond donors (Lipinski definition) is 1. The number of benzene rings is 1. The number of hydrogen-bond acceptors (Lipinski definition) is 7. The van der Waals surface area contributed by atoms with Gasteiger partial charge in [-0.15, -0.1) is 16.4 Å². The van der Waals surface area contributed by atoms with Gasteiger partial charge >= 0.3 is 5.97 Å². The Kier molecular flexibility index (Phi) is 5.83. The summed E-state index contributed by atoms with van der Waals surface area (Å²) in [6.45, 7) is 4.35. The van der Waals surface area contributed by atoms with Crippen LogP contribution in [0.4, 0.5) is 0 Å². The molecule has 0 unspecified atom stereocenters. The molecule has 4 rings (SSSR count). The van der Waals surface area contributed by atoms with Crippen molar-refractivity contribution in [2.75, 3.05) is 6.61 Å². The van der Waals surface area contributed by atoms with Gasteiger partial charge in [-0.25, -0.2) is 9.48 Å². The molecule has 4 aromatic rings. The zero-order chi connectivity index (χ0) is 22.8. The second kappa shape index (κ2) is 8.72. The highest BCUT2D eigenvalue weighted by Crippen LogP contribution is 2.26. The van der Waals surface area contributed by atoms with Crippen LogP contribution in [0, 0.1) is 13.8 Å². The first-order valence-electron chi connectivity index (χ1n) is 9.83. The van der Waals surface area contributed by atoms with Crippen LogP contribution in [-0.2, 0) is 4.74 Å². The van der Waals surface area contributed by atoms with E-state index >= 15 is 0 Å². The number of H-pyrrole nitrogens is 1. The van der Waals surface area contributed by atoms with Crippen molar-refractivity contribution in [1.29, 1.82) is 0 Å². The quantitative estimate of drug-likeness (QED) is 0.336. The molecule has 8 nitrogen and oxygen atoms in total. The van der Waals surface area contributed by atoms with E-state index in [1.807, 2.05) is 47.8 Å². The van der Waals surface area contributed by atoms with Gasteiger partial charge in [0.1, 0.15) is 0 Å². The summed E-state index contributed by atoms with van der Waals surface area (Å²) in [7, 11) is 0. The lowest BCUT2D eigenvalue weighted by Crippen LogP contribution is -2.16. The summed E-state index contributed by atoms with van der Waals surface area (Å²) in [4.78, 5) is 45.1. The van der Waals surface area contributed by atoms with E-state index < -0.39 is 18.4 Å². The molecule has 0 bridgehead atoms. The van der Waals surface area contributed by atoms with Gasteiger partial charge in [-0.1, -0.05) is 24.3 Å². The molecule has 32 heavy (non-hydrogen) atoms. The van der Waals surface area contributed by atoms with E-state index in [4.69, 9.17) is 4.74 Å². The summed E-state index contributed by atoms with van der Waals surface area (Å²) in [5.74, 6) is -1.02. The number of aromatic nitrogens is 4. The molecule has 1 aromatic carbocycles. The highest BCUT2D eigenvalue weighted by molar-refractivity contribution is 7.13. The number of aryl methyl sites for hydroxylation is 1. The summed E-state index contributed by atoms with van der Waals surface area (Å²) < 4.78 is 6.77. The van der Waals surface area contributed by atoms with Gasteiger partial charge in [-0.3, -0.25) is 9.59 Å². The smallest absolute Gasteiger partial charge is 0.378 e. The summed E-state index contributed by atoms with van der Waals surface area (Å²) in [6, 6.07) is 13.1. The van der Waals surface area contributed by atoms with Gasteiger partial charge < -0.3 is 9.72 Å². The number of ether oxygens (including phenoxy) is 1. The van der Waals surface area contributed by atoms with Crippen molar-refractivity contribution in [3.63, 3.8) is 0 Å². The molecule has 1 N–H and O–H groups in total. The molecule has 0 radical (unpaired) electrons. The lowest BCUT2D eigenvalue weighted by Gasteiger charge is -2.03. The van der Waals surface area contributed by atoms with Crippen molar-refractivity contribution >= 4 is 28.9 Å². The van der Waals surface area contributed by atoms with Crippen molar-refractivity contribution in [3.8, 4) is 16.4 Å². The Balaban J connectivity index is 1.56. The van der Waals surface area contributed by atoms with E-state index in [0.717, 1.165) is 10.6 Å². The zero-order valence-electron chi connectivity index (χ0n) is 17.7. The molecule has 9 heteroatoms. The standard InChI is InChI=1S/C23H20N4O4S/c1-13-19(15(3)28)14(2)24-20(13)17(29)12-31-23(30)21-25-22(18-10-7-11-32-18)27(26-21)16-8-5-4-6-9-16/h4-11,24H,12H2,1-3H3. The van der Waals surface area contributed by atoms with E-state index in [0.29, 0.717) is 22.6 Å². The maximum atomic E-state index is 12.6. The molecular formula is C23H20N4O4S. The number of aromatic amines is 1. The van der Waals surface area contributed by atoms with Crippen molar-refractivity contribution in [2.24, 2.45) is 0 Å². The Morgan fingerprint density at radius 3 is 2.47 bits per heavy atom. The molecule has 162 valence electrons. The molecule has 0 atom stereocenters. The number of ketones is 2. The Morgan fingerprint density at radius 2 is 1.84 bits per heavy atom. The molecule has 0 aliphatic rings. The third kappa shape index (κ3) is 4.02. The fourth-order valence-electron chi connectivity index (χ4n) is 3.54. The van der Waals surface area contributed by atoms with Crippen LogP contribution in [0.2, 0.25) is 0 Å². The van der Waals surface area contributed by atoms with Crippen LogP contribution >= 0.6 is 11.3 Å². The number of para-hydroxylation sites is 1. The number of esters is 1. The summed E-state index contributed by atoms with van der Waals surface area (Å²) in [5, 5.41) is 6.23.